The predicted octanol–water partition coefficient (Wildman–Crippen LogP) is 2.01. The Morgan fingerprint density at radius 3 is 3.21 bits per heavy atom. The number of hydrogen-bond acceptors (Lipinski definition) is 4. The maximum Gasteiger partial charge on any atom is 0.146 e. The summed E-state index contributed by atoms with van der Waals surface area (Å²) in [6, 6.07) is 6.78. The Balaban J connectivity index is 1.63. The smallest absolute Gasteiger partial charge is 0.146 e. The molecule has 0 aromatic heterocycles. The summed E-state index contributed by atoms with van der Waals surface area (Å²) in [6.07, 6.45) is 1.17. The minimum Gasteiger partial charge on any atom is -0.489 e. The molecule has 0 amide bonds. The molecule has 0 saturated carbocycles. The average molecular weight is 262 g/mol. The molecule has 0 spiro atoms. The summed E-state index contributed by atoms with van der Waals surface area (Å²) in [5.74, 6) is 1.65. The Morgan fingerprint density at radius 1 is 1.42 bits per heavy atom. The van der Waals surface area contributed by atoms with Crippen molar-refractivity contribution < 1.29 is 9.47 Å². The molecule has 2 aliphatic rings. The topological polar surface area (TPSA) is 42.5 Å². The van der Waals surface area contributed by atoms with E-state index in [1.54, 1.807) is 0 Å². The molecule has 0 aliphatic carbocycles. The highest BCUT2D eigenvalue weighted by atomic mass is 16.5. The van der Waals surface area contributed by atoms with Crippen LogP contribution < -0.4 is 15.4 Å². The number of benzene rings is 1. The highest BCUT2D eigenvalue weighted by Crippen LogP contribution is 2.31. The fraction of sp³-hybridized carbons (Fsp3) is 0.600. The molecule has 104 valence electrons. The number of fused-ring (bicyclic) bond motifs is 1. The first-order valence-electron chi connectivity index (χ1n) is 7.14. The van der Waals surface area contributed by atoms with Crippen LogP contribution in [0.1, 0.15) is 18.9 Å². The Morgan fingerprint density at radius 2 is 2.37 bits per heavy atom. The van der Waals surface area contributed by atoms with Crippen molar-refractivity contribution in [1.29, 1.82) is 0 Å². The summed E-state index contributed by atoms with van der Waals surface area (Å²) in [5.41, 5.74) is 2.35. The maximum atomic E-state index is 5.79. The third-order valence-electron chi connectivity index (χ3n) is 4.05. The van der Waals surface area contributed by atoms with Crippen LogP contribution in [0.3, 0.4) is 0 Å². The molecule has 2 heterocycles. The van der Waals surface area contributed by atoms with Crippen LogP contribution in [0.25, 0.3) is 0 Å². The van der Waals surface area contributed by atoms with Gasteiger partial charge in [-0.2, -0.15) is 0 Å². The molecule has 4 heteroatoms. The quantitative estimate of drug-likeness (QED) is 0.871. The number of rotatable bonds is 4. The molecule has 1 saturated heterocycles. The van der Waals surface area contributed by atoms with Crippen LogP contribution >= 0.6 is 0 Å². The third-order valence-corrected chi connectivity index (χ3v) is 4.05. The van der Waals surface area contributed by atoms with Gasteiger partial charge in [0, 0.05) is 31.3 Å². The van der Waals surface area contributed by atoms with Gasteiger partial charge < -0.3 is 20.1 Å². The molecule has 1 aromatic rings. The fourth-order valence-electron chi connectivity index (χ4n) is 2.76. The van der Waals surface area contributed by atoms with Crippen molar-refractivity contribution in [3.05, 3.63) is 23.8 Å². The van der Waals surface area contributed by atoms with E-state index < -0.39 is 0 Å². The summed E-state index contributed by atoms with van der Waals surface area (Å²) < 4.78 is 11.2. The van der Waals surface area contributed by atoms with Gasteiger partial charge in [-0.1, -0.05) is 12.1 Å². The van der Waals surface area contributed by atoms with E-state index in [-0.39, 0.29) is 0 Å². The molecule has 2 unspecified atom stereocenters. The van der Waals surface area contributed by atoms with E-state index in [4.69, 9.17) is 9.47 Å². The second-order valence-corrected chi connectivity index (χ2v) is 5.36. The molecule has 19 heavy (non-hydrogen) atoms. The van der Waals surface area contributed by atoms with Gasteiger partial charge in [0.2, 0.25) is 0 Å². The highest BCUT2D eigenvalue weighted by Gasteiger charge is 2.22. The molecule has 0 radical (unpaired) electrons. The number of ether oxygens (including phenoxy) is 2. The Bertz CT molecular complexity index is 430. The molecule has 2 atom stereocenters. The van der Waals surface area contributed by atoms with Gasteiger partial charge in [-0.25, -0.2) is 0 Å². The lowest BCUT2D eigenvalue weighted by molar-refractivity contribution is 0.178. The van der Waals surface area contributed by atoms with E-state index in [1.807, 2.05) is 0 Å². The van der Waals surface area contributed by atoms with Crippen molar-refractivity contribution in [2.24, 2.45) is 5.92 Å². The molecular formula is C15H22N2O2. The van der Waals surface area contributed by atoms with E-state index in [2.05, 4.69) is 35.8 Å². The lowest BCUT2D eigenvalue weighted by Crippen LogP contribution is -2.33. The zero-order valence-corrected chi connectivity index (χ0v) is 11.4. The molecule has 2 N–H and O–H groups in total. The van der Waals surface area contributed by atoms with Crippen molar-refractivity contribution in [2.75, 3.05) is 31.7 Å². The first-order chi connectivity index (χ1) is 9.34. The zero-order valence-electron chi connectivity index (χ0n) is 11.4. The standard InChI is InChI=1S/C15H22N2O2/c1-11(13-5-7-18-10-13)17-9-12-3-2-4-14-15(12)19-8-6-16-14/h2-4,11,13,16-17H,5-10H2,1H3. The maximum absolute atomic E-state index is 5.79. The van der Waals surface area contributed by atoms with Gasteiger partial charge in [0.1, 0.15) is 12.4 Å². The highest BCUT2D eigenvalue weighted by molar-refractivity contribution is 5.61. The van der Waals surface area contributed by atoms with Crippen LogP contribution in [-0.2, 0) is 11.3 Å². The molecule has 4 nitrogen and oxygen atoms in total. The van der Waals surface area contributed by atoms with Crippen LogP contribution in [0, 0.1) is 5.92 Å². The first kappa shape index (κ1) is 12.8. The largest absolute Gasteiger partial charge is 0.489 e. The number of nitrogens with one attached hydrogen (secondary N) is 2. The van der Waals surface area contributed by atoms with Crippen molar-refractivity contribution >= 4 is 5.69 Å². The number of hydrogen-bond donors (Lipinski definition) is 2. The predicted molar refractivity (Wildman–Crippen MR) is 75.7 cm³/mol. The van der Waals surface area contributed by atoms with Crippen molar-refractivity contribution in [3.63, 3.8) is 0 Å². The number of para-hydroxylation sites is 1. The van der Waals surface area contributed by atoms with E-state index in [0.29, 0.717) is 12.0 Å². The Kier molecular flexibility index (Phi) is 3.89. The third kappa shape index (κ3) is 2.85. The lowest BCUT2D eigenvalue weighted by atomic mass is 10.0. The van der Waals surface area contributed by atoms with Crippen LogP contribution in [0.2, 0.25) is 0 Å². The Hall–Kier alpha value is -1.26. The molecule has 0 bridgehead atoms. The second-order valence-electron chi connectivity index (χ2n) is 5.36. The fourth-order valence-corrected chi connectivity index (χ4v) is 2.76. The Labute approximate surface area is 114 Å². The van der Waals surface area contributed by atoms with Crippen molar-refractivity contribution in [2.45, 2.75) is 25.9 Å². The van der Waals surface area contributed by atoms with E-state index in [0.717, 1.165) is 44.3 Å². The van der Waals surface area contributed by atoms with E-state index >= 15 is 0 Å². The van der Waals surface area contributed by atoms with Gasteiger partial charge in [0.15, 0.2) is 0 Å². The second kappa shape index (κ2) is 5.80. The molecular weight excluding hydrogens is 240 g/mol. The van der Waals surface area contributed by atoms with Gasteiger partial charge >= 0.3 is 0 Å². The molecule has 1 aromatic carbocycles. The normalized spacial score (nSPS) is 23.3. The minimum absolute atomic E-state index is 0.481. The molecule has 2 aliphatic heterocycles. The van der Waals surface area contributed by atoms with Gasteiger partial charge in [-0.15, -0.1) is 0 Å². The monoisotopic (exact) mass is 262 g/mol. The SMILES string of the molecule is CC(NCc1cccc2c1OCCN2)C1CCOC1. The van der Waals surface area contributed by atoms with Crippen LogP contribution in [-0.4, -0.2) is 32.4 Å². The summed E-state index contributed by atoms with van der Waals surface area (Å²) in [6.45, 7) is 6.52. The van der Waals surface area contributed by atoms with Crippen LogP contribution in [0.4, 0.5) is 5.69 Å². The minimum atomic E-state index is 0.481. The summed E-state index contributed by atoms with van der Waals surface area (Å²) in [4.78, 5) is 0. The summed E-state index contributed by atoms with van der Waals surface area (Å²) in [7, 11) is 0. The molecule has 3 rings (SSSR count). The van der Waals surface area contributed by atoms with Crippen molar-refractivity contribution in [1.82, 2.24) is 5.32 Å². The summed E-state index contributed by atoms with van der Waals surface area (Å²) in [5, 5.41) is 6.98. The van der Waals surface area contributed by atoms with Gasteiger partial charge in [-0.05, 0) is 25.3 Å². The van der Waals surface area contributed by atoms with Gasteiger partial charge in [-0.3, -0.25) is 0 Å². The number of anilines is 1. The zero-order chi connectivity index (χ0) is 13.1. The first-order valence-corrected chi connectivity index (χ1v) is 7.14. The van der Waals surface area contributed by atoms with E-state index in [9.17, 15) is 0 Å². The van der Waals surface area contributed by atoms with Gasteiger partial charge in [0.25, 0.3) is 0 Å². The lowest BCUT2D eigenvalue weighted by Gasteiger charge is -2.24. The molecule has 1 fully saturated rings. The van der Waals surface area contributed by atoms with E-state index in [1.165, 1.54) is 12.0 Å². The summed E-state index contributed by atoms with van der Waals surface area (Å²) >= 11 is 0. The van der Waals surface area contributed by atoms with Gasteiger partial charge in [0.05, 0.1) is 12.3 Å². The van der Waals surface area contributed by atoms with Crippen LogP contribution in [0.15, 0.2) is 18.2 Å². The average Bonchev–Trinajstić information content (AvgIpc) is 2.99. The van der Waals surface area contributed by atoms with Crippen molar-refractivity contribution in [3.8, 4) is 5.75 Å². The van der Waals surface area contributed by atoms with Crippen LogP contribution in [0.5, 0.6) is 5.75 Å².